The summed E-state index contributed by atoms with van der Waals surface area (Å²) in [5.41, 5.74) is 4.75. The second-order valence-corrected chi connectivity index (χ2v) is 1.77. The SMILES string of the molecule is CN(C)N(Cl)C(N)=O. The van der Waals surface area contributed by atoms with E-state index >= 15 is 0 Å². The average molecular weight is 138 g/mol. The van der Waals surface area contributed by atoms with Gasteiger partial charge in [-0.05, 0) is 0 Å². The number of urea groups is 1. The van der Waals surface area contributed by atoms with Crippen LogP contribution in [0, 0.1) is 0 Å². The second-order valence-electron chi connectivity index (χ2n) is 1.45. The molecular formula is C3H8ClN3O. The lowest BCUT2D eigenvalue weighted by Crippen LogP contribution is -2.37. The molecule has 0 aromatic carbocycles. The standard InChI is InChI=1S/C3H8ClN3O/c1-6(2)7(4)3(5)8/h1-2H3,(H2,5,8). The molecule has 0 aliphatic rings. The number of amides is 2. The fourth-order valence-electron chi connectivity index (χ4n) is 0.197. The van der Waals surface area contributed by atoms with Crippen LogP contribution in [-0.2, 0) is 0 Å². The minimum absolute atomic E-state index is 0.684. The highest BCUT2D eigenvalue weighted by Gasteiger charge is 2.05. The van der Waals surface area contributed by atoms with Gasteiger partial charge in [0.05, 0.1) is 0 Å². The zero-order valence-electron chi connectivity index (χ0n) is 4.76. The number of nitrogens with zero attached hydrogens (tertiary/aromatic N) is 2. The first-order valence-corrected chi connectivity index (χ1v) is 2.32. The monoisotopic (exact) mass is 137 g/mol. The first kappa shape index (κ1) is 7.52. The van der Waals surface area contributed by atoms with E-state index in [9.17, 15) is 4.79 Å². The molecular weight excluding hydrogens is 130 g/mol. The maximum atomic E-state index is 10.1. The van der Waals surface area contributed by atoms with Crippen molar-refractivity contribution in [3.63, 3.8) is 0 Å². The number of primary amides is 1. The molecule has 0 rings (SSSR count). The Hall–Kier alpha value is -0.480. The van der Waals surface area contributed by atoms with Crippen molar-refractivity contribution in [2.75, 3.05) is 14.1 Å². The topological polar surface area (TPSA) is 49.6 Å². The van der Waals surface area contributed by atoms with Gasteiger partial charge in [0.2, 0.25) is 0 Å². The highest BCUT2D eigenvalue weighted by Crippen LogP contribution is 1.93. The van der Waals surface area contributed by atoms with E-state index in [0.29, 0.717) is 0 Å². The summed E-state index contributed by atoms with van der Waals surface area (Å²) in [5.74, 6) is 0. The third kappa shape index (κ3) is 1.99. The van der Waals surface area contributed by atoms with Gasteiger partial charge < -0.3 is 5.73 Å². The number of halogens is 1. The van der Waals surface area contributed by atoms with Gasteiger partial charge >= 0.3 is 6.03 Å². The molecule has 0 aliphatic heterocycles. The van der Waals surface area contributed by atoms with E-state index in [1.165, 1.54) is 5.01 Å². The van der Waals surface area contributed by atoms with Gasteiger partial charge in [0.25, 0.3) is 0 Å². The number of rotatable bonds is 1. The number of carbonyl (C=O) groups excluding carboxylic acids is 1. The van der Waals surface area contributed by atoms with Gasteiger partial charge in [0.1, 0.15) is 0 Å². The van der Waals surface area contributed by atoms with E-state index < -0.39 is 6.03 Å². The van der Waals surface area contributed by atoms with Crippen molar-refractivity contribution in [3.05, 3.63) is 0 Å². The zero-order valence-corrected chi connectivity index (χ0v) is 5.51. The highest BCUT2D eigenvalue weighted by molar-refractivity contribution is 6.20. The Balaban J connectivity index is 3.64. The summed E-state index contributed by atoms with van der Waals surface area (Å²) in [6.45, 7) is 0. The van der Waals surface area contributed by atoms with Crippen molar-refractivity contribution in [3.8, 4) is 0 Å². The summed E-state index contributed by atoms with van der Waals surface area (Å²) in [6, 6.07) is -0.684. The summed E-state index contributed by atoms with van der Waals surface area (Å²) >= 11 is 5.24. The molecule has 0 saturated heterocycles. The van der Waals surface area contributed by atoms with Crippen LogP contribution >= 0.6 is 11.8 Å². The van der Waals surface area contributed by atoms with Crippen molar-refractivity contribution in [2.24, 2.45) is 5.73 Å². The summed E-state index contributed by atoms with van der Waals surface area (Å²) < 4.78 is 0.778. The quantitative estimate of drug-likeness (QED) is 0.409. The molecule has 5 heteroatoms. The Morgan fingerprint density at radius 1 is 1.62 bits per heavy atom. The van der Waals surface area contributed by atoms with Crippen LogP contribution < -0.4 is 5.73 Å². The maximum Gasteiger partial charge on any atom is 0.344 e. The number of nitrogens with two attached hydrogens (primary N) is 1. The van der Waals surface area contributed by atoms with Crippen LogP contribution in [0.2, 0.25) is 0 Å². The largest absolute Gasteiger partial charge is 0.349 e. The molecule has 0 fully saturated rings. The van der Waals surface area contributed by atoms with Crippen molar-refractivity contribution in [1.29, 1.82) is 0 Å². The minimum atomic E-state index is -0.684. The normalized spacial score (nSPS) is 9.50. The smallest absolute Gasteiger partial charge is 0.344 e. The Morgan fingerprint density at radius 2 is 2.00 bits per heavy atom. The fraction of sp³-hybridized carbons (Fsp3) is 0.667. The van der Waals surface area contributed by atoms with E-state index in [1.807, 2.05) is 0 Å². The number of hydrogen-bond donors (Lipinski definition) is 1. The van der Waals surface area contributed by atoms with Crippen LogP contribution in [0.1, 0.15) is 0 Å². The lowest BCUT2D eigenvalue weighted by atomic mass is 11.0. The molecule has 0 bridgehead atoms. The van der Waals surface area contributed by atoms with Crippen LogP contribution in [0.5, 0.6) is 0 Å². The zero-order chi connectivity index (χ0) is 6.73. The first-order chi connectivity index (χ1) is 3.55. The Labute approximate surface area is 52.9 Å². The molecule has 0 aromatic rings. The molecule has 48 valence electrons. The molecule has 0 saturated carbocycles. The third-order valence-electron chi connectivity index (χ3n) is 0.533. The van der Waals surface area contributed by atoms with Crippen LogP contribution in [0.15, 0.2) is 0 Å². The molecule has 0 aliphatic carbocycles. The maximum absolute atomic E-state index is 10.1. The molecule has 2 N–H and O–H groups in total. The fourth-order valence-corrected chi connectivity index (χ4v) is 0.197. The number of hydrogen-bond acceptors (Lipinski definition) is 2. The number of hydrazine groups is 1. The van der Waals surface area contributed by atoms with Crippen LogP contribution in [-0.4, -0.2) is 29.7 Å². The highest BCUT2D eigenvalue weighted by atomic mass is 35.5. The number of carbonyl (C=O) groups is 1. The molecule has 0 radical (unpaired) electrons. The first-order valence-electron chi connectivity index (χ1n) is 1.98. The predicted molar refractivity (Wildman–Crippen MR) is 31.0 cm³/mol. The molecule has 0 unspecified atom stereocenters. The third-order valence-corrected chi connectivity index (χ3v) is 1.00. The molecule has 0 spiro atoms. The van der Waals surface area contributed by atoms with Crippen molar-refractivity contribution >= 4 is 17.8 Å². The second kappa shape index (κ2) is 2.74. The van der Waals surface area contributed by atoms with Gasteiger partial charge in [0, 0.05) is 25.9 Å². The molecule has 4 nitrogen and oxygen atoms in total. The van der Waals surface area contributed by atoms with Gasteiger partial charge in [-0.3, -0.25) is 0 Å². The molecule has 0 heterocycles. The van der Waals surface area contributed by atoms with E-state index in [4.69, 9.17) is 17.5 Å². The van der Waals surface area contributed by atoms with Crippen molar-refractivity contribution in [2.45, 2.75) is 0 Å². The van der Waals surface area contributed by atoms with Gasteiger partial charge in [-0.25, -0.2) is 9.80 Å². The van der Waals surface area contributed by atoms with Gasteiger partial charge in [-0.1, -0.05) is 0 Å². The van der Waals surface area contributed by atoms with E-state index in [2.05, 4.69) is 0 Å². The van der Waals surface area contributed by atoms with E-state index in [-0.39, 0.29) is 0 Å². The lowest BCUT2D eigenvalue weighted by Gasteiger charge is -2.17. The minimum Gasteiger partial charge on any atom is -0.349 e. The van der Waals surface area contributed by atoms with Crippen LogP contribution in [0.4, 0.5) is 4.79 Å². The van der Waals surface area contributed by atoms with Gasteiger partial charge in [-0.2, -0.15) is 4.53 Å². The van der Waals surface area contributed by atoms with E-state index in [0.717, 1.165) is 4.53 Å². The van der Waals surface area contributed by atoms with Crippen LogP contribution in [0.3, 0.4) is 0 Å². The Morgan fingerprint density at radius 3 is 2.00 bits per heavy atom. The van der Waals surface area contributed by atoms with E-state index in [1.54, 1.807) is 14.1 Å². The summed E-state index contributed by atoms with van der Waals surface area (Å²) in [7, 11) is 3.22. The van der Waals surface area contributed by atoms with Gasteiger partial charge in [-0.15, -0.1) is 0 Å². The summed E-state index contributed by atoms with van der Waals surface area (Å²) in [6.07, 6.45) is 0. The molecule has 0 atom stereocenters. The van der Waals surface area contributed by atoms with Crippen molar-refractivity contribution in [1.82, 2.24) is 9.54 Å². The average Bonchev–Trinajstić information content (AvgIpc) is 1.64. The van der Waals surface area contributed by atoms with Crippen LogP contribution in [0.25, 0.3) is 0 Å². The van der Waals surface area contributed by atoms with Crippen molar-refractivity contribution < 1.29 is 4.79 Å². The Kier molecular flexibility index (Phi) is 2.57. The van der Waals surface area contributed by atoms with Gasteiger partial charge in [0.15, 0.2) is 0 Å². The Bertz CT molecular complexity index is 94.5. The summed E-state index contributed by atoms with van der Waals surface area (Å²) in [4.78, 5) is 10.1. The predicted octanol–water partition coefficient (Wildman–Crippen LogP) is -0.00250. The molecule has 8 heavy (non-hydrogen) atoms. The molecule has 0 aromatic heterocycles. The summed E-state index contributed by atoms with van der Waals surface area (Å²) in [5, 5.41) is 1.36. The lowest BCUT2D eigenvalue weighted by molar-refractivity contribution is 0.149. The molecule has 2 amide bonds.